The maximum absolute atomic E-state index is 11.3. The molecule has 0 unspecified atom stereocenters. The van der Waals surface area contributed by atoms with Gasteiger partial charge in [-0.3, -0.25) is 0 Å². The number of aromatic hydroxyl groups is 3. The van der Waals surface area contributed by atoms with Crippen molar-refractivity contribution in [3.63, 3.8) is 0 Å². The predicted molar refractivity (Wildman–Crippen MR) is 135 cm³/mol. The van der Waals surface area contributed by atoms with Crippen LogP contribution in [0, 0.1) is 0 Å². The molecule has 0 saturated carbocycles. The minimum absolute atomic E-state index is 0.158. The van der Waals surface area contributed by atoms with Gasteiger partial charge in [0.15, 0.2) is 0 Å². The van der Waals surface area contributed by atoms with Gasteiger partial charge in [0.25, 0.3) is 0 Å². The number of rotatable bonds is 2. The van der Waals surface area contributed by atoms with E-state index in [4.69, 9.17) is 0 Å². The van der Waals surface area contributed by atoms with E-state index in [1.165, 1.54) is 0 Å². The van der Waals surface area contributed by atoms with Crippen molar-refractivity contribution in [1.29, 1.82) is 0 Å². The molecule has 2 aromatic rings. The van der Waals surface area contributed by atoms with Gasteiger partial charge < -0.3 is 15.3 Å². The topological polar surface area (TPSA) is 60.7 Å². The highest BCUT2D eigenvalue weighted by atomic mass is 16.3. The van der Waals surface area contributed by atoms with Gasteiger partial charge >= 0.3 is 0 Å². The molecule has 178 valence electrons. The van der Waals surface area contributed by atoms with Crippen molar-refractivity contribution < 1.29 is 15.3 Å². The third kappa shape index (κ3) is 5.24. The first-order chi connectivity index (χ1) is 14.2. The van der Waals surface area contributed by atoms with Crippen molar-refractivity contribution in [2.75, 3.05) is 0 Å². The van der Waals surface area contributed by atoms with Gasteiger partial charge in [0.2, 0.25) is 0 Å². The van der Waals surface area contributed by atoms with Crippen molar-refractivity contribution in [2.24, 2.45) is 0 Å². The van der Waals surface area contributed by atoms with Crippen LogP contribution in [0.5, 0.6) is 17.2 Å². The molecule has 3 heteroatoms. The van der Waals surface area contributed by atoms with E-state index < -0.39 is 5.41 Å². The summed E-state index contributed by atoms with van der Waals surface area (Å²) in [5.41, 5.74) is 3.96. The summed E-state index contributed by atoms with van der Waals surface area (Å²) in [6.07, 6.45) is 0.519. The summed E-state index contributed by atoms with van der Waals surface area (Å²) >= 11 is 0. The van der Waals surface area contributed by atoms with Gasteiger partial charge in [-0.15, -0.1) is 0 Å². The van der Waals surface area contributed by atoms with Crippen LogP contribution in [0.3, 0.4) is 0 Å². The molecule has 0 fully saturated rings. The molecule has 0 saturated heterocycles. The van der Waals surface area contributed by atoms with Crippen molar-refractivity contribution >= 4 is 0 Å². The Morgan fingerprint density at radius 3 is 1.22 bits per heavy atom. The van der Waals surface area contributed by atoms with Crippen LogP contribution >= 0.6 is 0 Å². The number of phenols is 3. The Balaban J connectivity index is 2.82. The van der Waals surface area contributed by atoms with Crippen molar-refractivity contribution in [1.82, 2.24) is 0 Å². The van der Waals surface area contributed by atoms with E-state index in [9.17, 15) is 15.3 Å². The fourth-order valence-corrected chi connectivity index (χ4v) is 4.29. The van der Waals surface area contributed by atoms with Crippen LogP contribution in [0.2, 0.25) is 0 Å². The largest absolute Gasteiger partial charge is 0.507 e. The lowest BCUT2D eigenvalue weighted by Crippen LogP contribution is -2.19. The fourth-order valence-electron chi connectivity index (χ4n) is 4.29. The lowest BCUT2D eigenvalue weighted by molar-refractivity contribution is 0.394. The van der Waals surface area contributed by atoms with Gasteiger partial charge in [-0.05, 0) is 50.0 Å². The summed E-state index contributed by atoms with van der Waals surface area (Å²) in [5, 5.41) is 33.4. The number of hydrogen-bond donors (Lipinski definition) is 3. The van der Waals surface area contributed by atoms with Gasteiger partial charge in [0, 0.05) is 17.5 Å². The lowest BCUT2D eigenvalue weighted by Gasteiger charge is -2.30. The van der Waals surface area contributed by atoms with Crippen LogP contribution in [0.15, 0.2) is 18.2 Å². The molecule has 0 atom stereocenters. The standard InChI is InChI=1S/C29H44O3/c1-26(2,3)19-14-17(15-20(24(19)31)27(4,5)6)13-18-16-21(28(7,8)9)25(32)22(23(18)30)29(10,11)12/h14-16,30-32H,13H2,1-12H3. The molecule has 2 rings (SSSR count). The van der Waals surface area contributed by atoms with Crippen LogP contribution < -0.4 is 0 Å². The van der Waals surface area contributed by atoms with Crippen molar-refractivity contribution in [3.8, 4) is 17.2 Å². The second kappa shape index (κ2) is 8.01. The molecule has 0 aromatic heterocycles. The van der Waals surface area contributed by atoms with E-state index in [-0.39, 0.29) is 27.7 Å². The molecule has 0 aliphatic rings. The molecular formula is C29H44O3. The first kappa shape index (κ1) is 26.1. The lowest BCUT2D eigenvalue weighted by atomic mass is 9.76. The van der Waals surface area contributed by atoms with Crippen molar-refractivity contribution in [2.45, 2.75) is 111 Å². The van der Waals surface area contributed by atoms with E-state index in [1.54, 1.807) is 0 Å². The Hall–Kier alpha value is -2.16. The summed E-state index contributed by atoms with van der Waals surface area (Å²) in [7, 11) is 0. The number of benzene rings is 2. The maximum Gasteiger partial charge on any atom is 0.126 e. The average molecular weight is 441 g/mol. The monoisotopic (exact) mass is 440 g/mol. The summed E-state index contributed by atoms with van der Waals surface area (Å²) in [6.45, 7) is 24.9. The van der Waals surface area contributed by atoms with Gasteiger partial charge in [-0.1, -0.05) is 95.2 Å². The van der Waals surface area contributed by atoms with E-state index in [0.29, 0.717) is 17.7 Å². The number of phenolic OH excluding ortho intramolecular Hbond substituents is 3. The first-order valence-corrected chi connectivity index (χ1v) is 11.6. The first-order valence-electron chi connectivity index (χ1n) is 11.6. The quantitative estimate of drug-likeness (QED) is 0.451. The summed E-state index contributed by atoms with van der Waals surface area (Å²) < 4.78 is 0. The average Bonchev–Trinajstić information content (AvgIpc) is 2.54. The van der Waals surface area contributed by atoms with Crippen LogP contribution in [-0.4, -0.2) is 15.3 Å². The number of hydrogen-bond acceptors (Lipinski definition) is 3. The second-order valence-corrected chi connectivity index (χ2v) is 13.4. The highest BCUT2D eigenvalue weighted by Gasteiger charge is 2.31. The zero-order chi connectivity index (χ0) is 25.0. The molecule has 32 heavy (non-hydrogen) atoms. The molecule has 3 N–H and O–H groups in total. The smallest absolute Gasteiger partial charge is 0.126 e. The molecule has 0 heterocycles. The highest BCUT2D eigenvalue weighted by molar-refractivity contribution is 5.59. The molecule has 0 bridgehead atoms. The molecule has 3 nitrogen and oxygen atoms in total. The summed E-state index contributed by atoms with van der Waals surface area (Å²) in [6, 6.07) is 6.06. The van der Waals surface area contributed by atoms with Crippen LogP contribution in [0.4, 0.5) is 0 Å². The molecule has 0 spiro atoms. The van der Waals surface area contributed by atoms with Crippen LogP contribution in [0.25, 0.3) is 0 Å². The second-order valence-electron chi connectivity index (χ2n) is 13.4. The Morgan fingerprint density at radius 2 is 0.875 bits per heavy atom. The van der Waals surface area contributed by atoms with E-state index >= 15 is 0 Å². The Labute approximate surface area is 195 Å². The van der Waals surface area contributed by atoms with E-state index in [2.05, 4.69) is 74.4 Å². The van der Waals surface area contributed by atoms with Gasteiger partial charge in [-0.25, -0.2) is 0 Å². The molecule has 0 radical (unpaired) electrons. The SMILES string of the molecule is CC(C)(C)c1cc(Cc2cc(C(C)(C)C)c(O)c(C(C)(C)C)c2O)cc(C(C)(C)C)c1O. The van der Waals surface area contributed by atoms with E-state index in [1.807, 2.05) is 26.8 Å². The normalized spacial score (nSPS) is 13.5. The Morgan fingerprint density at radius 1 is 0.500 bits per heavy atom. The molecule has 0 aliphatic carbocycles. The maximum atomic E-state index is 11.3. The van der Waals surface area contributed by atoms with Gasteiger partial charge in [0.05, 0.1) is 0 Å². The van der Waals surface area contributed by atoms with Gasteiger partial charge in [-0.2, -0.15) is 0 Å². The minimum atomic E-state index is -0.410. The zero-order valence-electron chi connectivity index (χ0n) is 22.3. The molecule has 2 aromatic carbocycles. The predicted octanol–water partition coefficient (Wildman–Crippen LogP) is 7.58. The third-order valence-corrected chi connectivity index (χ3v) is 6.09. The van der Waals surface area contributed by atoms with Gasteiger partial charge in [0.1, 0.15) is 17.2 Å². The van der Waals surface area contributed by atoms with Crippen LogP contribution in [0.1, 0.15) is 116 Å². The summed E-state index contributed by atoms with van der Waals surface area (Å²) in [4.78, 5) is 0. The van der Waals surface area contributed by atoms with Crippen LogP contribution in [-0.2, 0) is 28.1 Å². The highest BCUT2D eigenvalue weighted by Crippen LogP contribution is 2.47. The minimum Gasteiger partial charge on any atom is -0.507 e. The molecule has 0 aliphatic heterocycles. The third-order valence-electron chi connectivity index (χ3n) is 6.09. The van der Waals surface area contributed by atoms with E-state index in [0.717, 1.165) is 27.8 Å². The fraction of sp³-hybridized carbons (Fsp3) is 0.586. The zero-order valence-corrected chi connectivity index (χ0v) is 22.3. The Bertz CT molecular complexity index is 966. The summed E-state index contributed by atoms with van der Waals surface area (Å²) in [5.74, 6) is 0.697. The molecule has 0 amide bonds. The molecular weight excluding hydrogens is 396 g/mol. The van der Waals surface area contributed by atoms with Crippen molar-refractivity contribution in [3.05, 3.63) is 51.6 Å². The Kier molecular flexibility index (Phi) is 6.53.